The highest BCUT2D eigenvalue weighted by molar-refractivity contribution is 8.00. The molecule has 0 saturated heterocycles. The highest BCUT2D eigenvalue weighted by atomic mass is 32.2. The zero-order valence-electron chi connectivity index (χ0n) is 13.1. The predicted octanol–water partition coefficient (Wildman–Crippen LogP) is 5.33. The lowest BCUT2D eigenvalue weighted by atomic mass is 10.1. The van der Waals surface area contributed by atoms with Crippen LogP contribution in [0.3, 0.4) is 0 Å². The van der Waals surface area contributed by atoms with Crippen molar-refractivity contribution < 1.29 is 9.53 Å². The van der Waals surface area contributed by atoms with E-state index in [-0.39, 0.29) is 11.2 Å². The first-order valence-corrected chi connectivity index (χ1v) is 8.34. The SMILES string of the molecule is C=CCC(Sc1ccccc1)C(=Cc1ccccc1)OC(C)=O. The van der Waals surface area contributed by atoms with Crippen molar-refractivity contribution in [3.8, 4) is 0 Å². The van der Waals surface area contributed by atoms with Crippen LogP contribution in [0.4, 0.5) is 0 Å². The summed E-state index contributed by atoms with van der Waals surface area (Å²) in [6.45, 7) is 5.26. The van der Waals surface area contributed by atoms with Gasteiger partial charge < -0.3 is 4.74 Å². The third kappa shape index (κ3) is 5.80. The number of allylic oxidation sites excluding steroid dienone is 1. The normalized spacial score (nSPS) is 12.5. The van der Waals surface area contributed by atoms with Crippen LogP contribution in [0.5, 0.6) is 0 Å². The second-order valence-corrected chi connectivity index (χ2v) is 6.27. The summed E-state index contributed by atoms with van der Waals surface area (Å²) in [7, 11) is 0. The van der Waals surface area contributed by atoms with E-state index in [4.69, 9.17) is 4.74 Å². The third-order valence-corrected chi connectivity index (χ3v) is 4.34. The van der Waals surface area contributed by atoms with Crippen LogP contribution in [0.2, 0.25) is 0 Å². The summed E-state index contributed by atoms with van der Waals surface area (Å²) >= 11 is 1.67. The van der Waals surface area contributed by atoms with Crippen molar-refractivity contribution in [3.05, 3.63) is 84.6 Å². The van der Waals surface area contributed by atoms with E-state index in [1.807, 2.05) is 60.7 Å². The molecule has 2 nitrogen and oxygen atoms in total. The van der Waals surface area contributed by atoms with Crippen molar-refractivity contribution in [2.24, 2.45) is 0 Å². The molecular weight excluding hydrogens is 304 g/mol. The number of rotatable bonds is 7. The van der Waals surface area contributed by atoms with Crippen molar-refractivity contribution in [3.63, 3.8) is 0 Å². The standard InChI is InChI=1S/C20H20O2S/c1-3-10-20(23-18-13-8-5-9-14-18)19(22-16(2)21)15-17-11-6-4-7-12-17/h3-9,11-15,20H,1,10H2,2H3. The highest BCUT2D eigenvalue weighted by Gasteiger charge is 2.18. The van der Waals surface area contributed by atoms with E-state index in [9.17, 15) is 4.79 Å². The van der Waals surface area contributed by atoms with Crippen LogP contribution in [0, 0.1) is 0 Å². The molecular formula is C20H20O2S. The zero-order valence-corrected chi connectivity index (χ0v) is 14.0. The Hall–Kier alpha value is -2.26. The maximum Gasteiger partial charge on any atom is 0.307 e. The van der Waals surface area contributed by atoms with Gasteiger partial charge in [0.05, 0.1) is 5.25 Å². The molecule has 0 amide bonds. The quantitative estimate of drug-likeness (QED) is 0.298. The number of thioether (sulfide) groups is 1. The Morgan fingerprint density at radius 3 is 2.30 bits per heavy atom. The topological polar surface area (TPSA) is 26.3 Å². The second-order valence-electron chi connectivity index (χ2n) is 4.99. The van der Waals surface area contributed by atoms with Crippen molar-refractivity contribution in [2.75, 3.05) is 0 Å². The Balaban J connectivity index is 2.30. The Kier molecular flexibility index (Phi) is 6.70. The summed E-state index contributed by atoms with van der Waals surface area (Å²) in [5.74, 6) is 0.340. The minimum atomic E-state index is -0.310. The molecule has 0 aromatic heterocycles. The van der Waals surface area contributed by atoms with Crippen molar-refractivity contribution in [1.29, 1.82) is 0 Å². The Morgan fingerprint density at radius 2 is 1.74 bits per heavy atom. The monoisotopic (exact) mass is 324 g/mol. The highest BCUT2D eigenvalue weighted by Crippen LogP contribution is 2.32. The lowest BCUT2D eigenvalue weighted by Gasteiger charge is -2.18. The van der Waals surface area contributed by atoms with Gasteiger partial charge in [0.1, 0.15) is 5.76 Å². The average Bonchev–Trinajstić information content (AvgIpc) is 2.55. The molecule has 118 valence electrons. The number of ether oxygens (including phenoxy) is 1. The van der Waals surface area contributed by atoms with Gasteiger partial charge in [0.2, 0.25) is 0 Å². The van der Waals surface area contributed by atoms with E-state index in [2.05, 4.69) is 18.7 Å². The molecule has 0 aliphatic rings. The van der Waals surface area contributed by atoms with E-state index >= 15 is 0 Å². The molecule has 0 fully saturated rings. The lowest BCUT2D eigenvalue weighted by Crippen LogP contribution is -2.12. The minimum absolute atomic E-state index is 0.000920. The van der Waals surface area contributed by atoms with E-state index < -0.39 is 0 Å². The van der Waals surface area contributed by atoms with Gasteiger partial charge in [-0.15, -0.1) is 18.3 Å². The Labute approximate surface area is 141 Å². The maximum atomic E-state index is 11.5. The van der Waals surface area contributed by atoms with Crippen molar-refractivity contribution in [1.82, 2.24) is 0 Å². The molecule has 0 aliphatic heterocycles. The van der Waals surface area contributed by atoms with Gasteiger partial charge in [-0.25, -0.2) is 0 Å². The van der Waals surface area contributed by atoms with Gasteiger partial charge in [-0.05, 0) is 30.2 Å². The number of carbonyl (C=O) groups is 1. The van der Waals surface area contributed by atoms with Gasteiger partial charge in [-0.2, -0.15) is 0 Å². The van der Waals surface area contributed by atoms with E-state index in [1.54, 1.807) is 11.8 Å². The largest absolute Gasteiger partial charge is 0.430 e. The Morgan fingerprint density at radius 1 is 1.13 bits per heavy atom. The number of carbonyl (C=O) groups excluding carboxylic acids is 1. The maximum absolute atomic E-state index is 11.5. The van der Waals surface area contributed by atoms with E-state index in [0.717, 1.165) is 10.5 Å². The van der Waals surface area contributed by atoms with Gasteiger partial charge in [0.15, 0.2) is 0 Å². The second kappa shape index (κ2) is 9.01. The molecule has 0 radical (unpaired) electrons. The fraction of sp³-hybridized carbons (Fsp3) is 0.150. The molecule has 1 atom stereocenters. The molecule has 2 rings (SSSR count). The molecule has 1 unspecified atom stereocenters. The minimum Gasteiger partial charge on any atom is -0.430 e. The van der Waals surface area contributed by atoms with Gasteiger partial charge in [-0.3, -0.25) is 4.79 Å². The van der Waals surface area contributed by atoms with Crippen molar-refractivity contribution >= 4 is 23.8 Å². The molecule has 0 spiro atoms. The molecule has 0 aliphatic carbocycles. The molecule has 0 heterocycles. The van der Waals surface area contributed by atoms with Crippen LogP contribution in [-0.2, 0) is 9.53 Å². The van der Waals surface area contributed by atoms with Crippen LogP contribution >= 0.6 is 11.8 Å². The first kappa shape index (κ1) is 17.1. The van der Waals surface area contributed by atoms with Crippen molar-refractivity contribution in [2.45, 2.75) is 23.5 Å². The van der Waals surface area contributed by atoms with Gasteiger partial charge in [0, 0.05) is 11.8 Å². The summed E-state index contributed by atoms with van der Waals surface area (Å²) in [4.78, 5) is 12.6. The summed E-state index contributed by atoms with van der Waals surface area (Å²) in [6.07, 6.45) is 4.49. The number of benzene rings is 2. The predicted molar refractivity (Wildman–Crippen MR) is 97.1 cm³/mol. The first-order valence-electron chi connectivity index (χ1n) is 7.46. The van der Waals surface area contributed by atoms with Crippen LogP contribution in [0.1, 0.15) is 18.9 Å². The molecule has 3 heteroatoms. The van der Waals surface area contributed by atoms with Gasteiger partial charge >= 0.3 is 5.97 Å². The number of esters is 1. The number of hydrogen-bond acceptors (Lipinski definition) is 3. The zero-order chi connectivity index (χ0) is 16.5. The molecule has 0 saturated carbocycles. The first-order chi connectivity index (χ1) is 11.2. The van der Waals surface area contributed by atoms with Crippen LogP contribution in [-0.4, -0.2) is 11.2 Å². The summed E-state index contributed by atoms with van der Waals surface area (Å²) < 4.78 is 5.49. The van der Waals surface area contributed by atoms with E-state index in [0.29, 0.717) is 12.2 Å². The molecule has 0 bridgehead atoms. The average molecular weight is 324 g/mol. The summed E-state index contributed by atoms with van der Waals surface area (Å²) in [5.41, 5.74) is 1.01. The molecule has 0 N–H and O–H groups in total. The third-order valence-electron chi connectivity index (χ3n) is 3.09. The van der Waals surface area contributed by atoms with E-state index in [1.165, 1.54) is 6.92 Å². The Bertz CT molecular complexity index is 663. The molecule has 2 aromatic carbocycles. The molecule has 23 heavy (non-hydrogen) atoms. The van der Waals surface area contributed by atoms with Crippen LogP contribution in [0.25, 0.3) is 6.08 Å². The molecule has 2 aromatic rings. The van der Waals surface area contributed by atoms with Crippen LogP contribution < -0.4 is 0 Å². The number of hydrogen-bond donors (Lipinski definition) is 0. The summed E-state index contributed by atoms with van der Waals surface area (Å²) in [6, 6.07) is 19.9. The lowest BCUT2D eigenvalue weighted by molar-refractivity contribution is -0.136. The van der Waals surface area contributed by atoms with Gasteiger partial charge in [0.25, 0.3) is 0 Å². The van der Waals surface area contributed by atoms with Crippen LogP contribution in [0.15, 0.2) is 84.0 Å². The summed E-state index contributed by atoms with van der Waals surface area (Å²) in [5, 5.41) is -0.000920. The smallest absolute Gasteiger partial charge is 0.307 e. The fourth-order valence-corrected chi connectivity index (χ4v) is 3.21. The van der Waals surface area contributed by atoms with Gasteiger partial charge in [-0.1, -0.05) is 54.6 Å². The fourth-order valence-electron chi connectivity index (χ4n) is 2.10.